The number of carbonyl (C=O) groups excluding carboxylic acids is 4. The lowest BCUT2D eigenvalue weighted by atomic mass is 9.96. The van der Waals surface area contributed by atoms with Crippen LogP contribution in [0.1, 0.15) is 11.3 Å². The summed E-state index contributed by atoms with van der Waals surface area (Å²) in [6, 6.07) is 15.8. The number of halogens is 2. The fourth-order valence-corrected chi connectivity index (χ4v) is 9.12. The predicted octanol–water partition coefficient (Wildman–Crippen LogP) is 2.78. The van der Waals surface area contributed by atoms with Gasteiger partial charge in [0, 0.05) is 117 Å². The number of aryl methyl sites for hydroxylation is 1. The number of methoxy groups -OCH3 is 1. The quantitative estimate of drug-likeness (QED) is 0.0373. The van der Waals surface area contributed by atoms with Crippen LogP contribution < -0.4 is 46.9 Å². The Morgan fingerprint density at radius 1 is 0.750 bits per heavy atom. The number of amides is 3. The summed E-state index contributed by atoms with van der Waals surface area (Å²) in [4.78, 5) is 92.9. The van der Waals surface area contributed by atoms with Crippen molar-refractivity contribution in [2.75, 3.05) is 128 Å². The minimum Gasteiger partial charge on any atom is -0.496 e. The van der Waals surface area contributed by atoms with E-state index in [4.69, 9.17) is 37.8 Å². The van der Waals surface area contributed by atoms with Gasteiger partial charge in [-0.05, 0) is 48.9 Å². The van der Waals surface area contributed by atoms with Gasteiger partial charge in [0.2, 0.25) is 5.91 Å². The maximum atomic E-state index is 13.1. The van der Waals surface area contributed by atoms with Crippen molar-refractivity contribution in [1.82, 2.24) is 40.0 Å². The second-order valence-electron chi connectivity index (χ2n) is 17.2. The van der Waals surface area contributed by atoms with Crippen molar-refractivity contribution in [3.05, 3.63) is 96.3 Å². The number of aldehydes is 2. The smallest absolute Gasteiger partial charge is 0.319 e. The van der Waals surface area contributed by atoms with Gasteiger partial charge in [0.1, 0.15) is 42.1 Å². The number of aliphatic carboxylic acids is 1. The van der Waals surface area contributed by atoms with Gasteiger partial charge in [-0.2, -0.15) is 5.10 Å². The summed E-state index contributed by atoms with van der Waals surface area (Å²) in [7, 11) is 1.57. The second-order valence-corrected chi connectivity index (χ2v) is 18.1. The number of benzene rings is 3. The normalized spacial score (nSPS) is 14.9. The molecule has 72 heavy (non-hydrogen) atoms. The molecule has 4 aromatic carbocycles. The zero-order valence-corrected chi connectivity index (χ0v) is 41.4. The Kier molecular flexibility index (Phi) is 18.4. The molecule has 1 fully saturated rings. The number of carbonyl (C=O) groups is 5. The van der Waals surface area contributed by atoms with Crippen LogP contribution in [-0.2, 0) is 25.8 Å². The van der Waals surface area contributed by atoms with E-state index in [1.54, 1.807) is 47.0 Å². The highest BCUT2D eigenvalue weighted by atomic mass is 35.5. The number of rotatable bonds is 20. The summed E-state index contributed by atoms with van der Waals surface area (Å²) < 4.78 is 13.8. The number of carboxylic acids is 1. The molecule has 0 atom stereocenters. The Balaban J connectivity index is 0.893. The zero-order chi connectivity index (χ0) is 51.3. The van der Waals surface area contributed by atoms with Gasteiger partial charge in [0.05, 0.1) is 50.4 Å². The van der Waals surface area contributed by atoms with E-state index in [0.29, 0.717) is 91.9 Å². The molecule has 7 rings (SSSR count). The molecule has 2 aliphatic rings. The van der Waals surface area contributed by atoms with E-state index < -0.39 is 22.9 Å². The van der Waals surface area contributed by atoms with Crippen molar-refractivity contribution < 1.29 is 38.6 Å². The summed E-state index contributed by atoms with van der Waals surface area (Å²) >= 11 is 12.8. The van der Waals surface area contributed by atoms with Crippen molar-refractivity contribution >= 4 is 70.7 Å². The minimum atomic E-state index is -0.985. The van der Waals surface area contributed by atoms with Crippen LogP contribution in [0.25, 0.3) is 28.1 Å². The highest BCUT2D eigenvalue weighted by molar-refractivity contribution is 6.34. The molecule has 0 saturated carbocycles. The third kappa shape index (κ3) is 13.5. The molecule has 0 bridgehead atoms. The zero-order valence-electron chi connectivity index (χ0n) is 39.9. The first-order chi connectivity index (χ1) is 34.7. The number of ether oxygens (including phenoxy) is 2. The van der Waals surface area contributed by atoms with Crippen molar-refractivity contribution in [1.29, 1.82) is 0 Å². The van der Waals surface area contributed by atoms with Gasteiger partial charge >= 0.3 is 12.0 Å². The third-order valence-electron chi connectivity index (χ3n) is 12.3. The highest BCUT2D eigenvalue weighted by Gasteiger charge is 2.29. The van der Waals surface area contributed by atoms with Gasteiger partial charge < -0.3 is 50.8 Å². The number of anilines is 3. The van der Waals surface area contributed by atoms with Gasteiger partial charge in [-0.3, -0.25) is 38.8 Å². The lowest BCUT2D eigenvalue weighted by molar-refractivity contribution is -0.138. The maximum Gasteiger partial charge on any atom is 0.319 e. The third-order valence-corrected chi connectivity index (χ3v) is 12.8. The largest absolute Gasteiger partial charge is 0.496 e. The first-order valence-corrected chi connectivity index (χ1v) is 24.1. The second kappa shape index (κ2) is 25.0. The van der Waals surface area contributed by atoms with Crippen LogP contribution in [0.4, 0.5) is 21.9 Å². The number of carboxylic acid groups (broad SMARTS) is 1. The Bertz CT molecular complexity index is 2830. The molecule has 3 heterocycles. The number of hydrogen-bond donors (Lipinski definition) is 6. The van der Waals surface area contributed by atoms with E-state index in [1.807, 2.05) is 45.9 Å². The van der Waals surface area contributed by atoms with Gasteiger partial charge in [-0.1, -0.05) is 35.3 Å². The average molecular weight is 1030 g/mol. The van der Waals surface area contributed by atoms with Crippen molar-refractivity contribution in [2.45, 2.75) is 13.5 Å². The monoisotopic (exact) mass is 1030 g/mol. The Morgan fingerprint density at radius 2 is 1.33 bits per heavy atom. The number of nitrogens with one attached hydrogen (secondary N) is 5. The standard InChI is InChI=1S/C49H57Cl2N11O10/c1-31-39-30-72-41-27-40(71-2)37(26-38(41)46(39)62(57-31)36-24-33(50)23-34(51)25-36)32-4-3-5-35(22-32)56-49(70)55-9-8-54-45-44(47(68)48(45)69)53-7-6-52-42(65)28-60-14-12-58(18-20-63)10-11-59(19-21-64)13-15-61(17-16-60)29-43(66)67/h3-5,20-27,53-54H,6-19,28-30H2,1-2H3,(H,52,65)(H,66,67)(H2,55,56,70). The van der Waals surface area contributed by atoms with E-state index in [0.717, 1.165) is 46.2 Å². The van der Waals surface area contributed by atoms with Gasteiger partial charge in [-0.25, -0.2) is 9.48 Å². The Hall–Kier alpha value is -6.88. The van der Waals surface area contributed by atoms with Gasteiger partial charge in [0.15, 0.2) is 0 Å². The average Bonchev–Trinajstić information content (AvgIpc) is 3.70. The molecule has 1 saturated heterocycles. The summed E-state index contributed by atoms with van der Waals surface area (Å²) in [6.45, 7) is 6.44. The highest BCUT2D eigenvalue weighted by Crippen LogP contribution is 2.46. The minimum absolute atomic E-state index is 0.00227. The molecule has 21 nitrogen and oxygen atoms in total. The predicted molar refractivity (Wildman–Crippen MR) is 274 cm³/mol. The lowest BCUT2D eigenvalue weighted by Gasteiger charge is -2.32. The molecule has 1 aromatic heterocycles. The van der Waals surface area contributed by atoms with Crippen molar-refractivity contribution in [3.63, 3.8) is 0 Å². The Morgan fingerprint density at radius 3 is 1.92 bits per heavy atom. The molecular formula is C49H57Cl2N11O10. The molecule has 0 unspecified atom stereocenters. The molecule has 2 aliphatic heterocycles. The molecular weight excluding hydrogens is 974 g/mol. The van der Waals surface area contributed by atoms with E-state index in [1.165, 1.54) is 0 Å². The van der Waals surface area contributed by atoms with Crippen LogP contribution in [0.5, 0.6) is 11.5 Å². The summed E-state index contributed by atoms with van der Waals surface area (Å²) in [5, 5.41) is 29.5. The van der Waals surface area contributed by atoms with Crippen LogP contribution in [-0.4, -0.2) is 177 Å². The topological polar surface area (TPSA) is 249 Å². The molecule has 23 heteroatoms. The van der Waals surface area contributed by atoms with E-state index in [-0.39, 0.29) is 69.6 Å². The van der Waals surface area contributed by atoms with Gasteiger partial charge in [-0.15, -0.1) is 0 Å². The van der Waals surface area contributed by atoms with Gasteiger partial charge in [0.25, 0.3) is 10.9 Å². The molecule has 6 N–H and O–H groups in total. The number of hydrogen-bond acceptors (Lipinski definition) is 16. The summed E-state index contributed by atoms with van der Waals surface area (Å²) in [5.41, 5.74) is 4.72. The van der Waals surface area contributed by atoms with Crippen LogP contribution in [0.3, 0.4) is 0 Å². The maximum absolute atomic E-state index is 13.1. The molecule has 5 aromatic rings. The Labute approximate surface area is 425 Å². The van der Waals surface area contributed by atoms with Crippen LogP contribution in [0.2, 0.25) is 10.0 Å². The van der Waals surface area contributed by atoms with Crippen LogP contribution >= 0.6 is 23.2 Å². The number of aromatic nitrogens is 2. The molecule has 3 amide bonds. The molecule has 0 radical (unpaired) electrons. The van der Waals surface area contributed by atoms with Crippen molar-refractivity contribution in [3.8, 4) is 39.6 Å². The number of nitrogens with zero attached hydrogens (tertiary/aromatic N) is 6. The van der Waals surface area contributed by atoms with Crippen LogP contribution in [0.15, 0.2) is 64.2 Å². The number of urea groups is 1. The van der Waals surface area contributed by atoms with E-state index in [2.05, 4.69) is 26.6 Å². The van der Waals surface area contributed by atoms with Crippen LogP contribution in [0, 0.1) is 6.92 Å². The van der Waals surface area contributed by atoms with Crippen molar-refractivity contribution in [2.24, 2.45) is 0 Å². The van der Waals surface area contributed by atoms with E-state index >= 15 is 0 Å². The lowest BCUT2D eigenvalue weighted by Crippen LogP contribution is -2.49. The SMILES string of the molecule is COc1cc2c(cc1-c1cccc(NC(=O)NCCNc3c(NCCNC(=O)CN4CCN(CC=O)CCN(CC=O)CCN(CC(=O)O)CC4)c(=O)c3=O)c1)-c1c(c(C)nn1-c1cc(Cl)cc(Cl)c1)CO2. The molecule has 0 spiro atoms. The molecule has 0 aliphatic carbocycles. The van der Waals surface area contributed by atoms with E-state index in [9.17, 15) is 38.7 Å². The fraction of sp³-hybridized carbons (Fsp3) is 0.388. The first kappa shape index (κ1) is 52.9. The number of fused-ring (bicyclic) bond motifs is 3. The molecule has 382 valence electrons. The summed E-state index contributed by atoms with van der Waals surface area (Å²) in [5.74, 6) is -0.132. The first-order valence-electron chi connectivity index (χ1n) is 23.4. The summed E-state index contributed by atoms with van der Waals surface area (Å²) in [6.07, 6.45) is 1.61. The fourth-order valence-electron chi connectivity index (χ4n) is 8.61.